The van der Waals surface area contributed by atoms with Gasteiger partial charge in [-0.1, -0.05) is 26.7 Å². The van der Waals surface area contributed by atoms with E-state index in [0.717, 1.165) is 72.1 Å². The van der Waals surface area contributed by atoms with Crippen molar-refractivity contribution in [3.8, 4) is 0 Å². The Morgan fingerprint density at radius 2 is 1.86 bits per heavy atom. The van der Waals surface area contributed by atoms with E-state index in [9.17, 15) is 9.00 Å². The van der Waals surface area contributed by atoms with E-state index in [1.807, 2.05) is 29.7 Å². The van der Waals surface area contributed by atoms with Gasteiger partial charge in [0.05, 0.1) is 4.90 Å². The number of benzene rings is 1. The number of nitrogens with zero attached hydrogens (tertiary/aromatic N) is 4. The third-order valence-electron chi connectivity index (χ3n) is 8.59. The van der Waals surface area contributed by atoms with Gasteiger partial charge in [0.1, 0.15) is 16.6 Å². The Labute approximate surface area is 214 Å². The van der Waals surface area contributed by atoms with Gasteiger partial charge in [-0.25, -0.2) is 13.5 Å². The van der Waals surface area contributed by atoms with Crippen LogP contribution in [0.4, 0.5) is 11.6 Å². The molecule has 190 valence electrons. The Morgan fingerprint density at radius 3 is 2.56 bits per heavy atom. The fourth-order valence-electron chi connectivity index (χ4n) is 6.37. The van der Waals surface area contributed by atoms with Crippen molar-refractivity contribution in [2.24, 2.45) is 17.3 Å². The van der Waals surface area contributed by atoms with Gasteiger partial charge in [-0.2, -0.15) is 4.98 Å². The van der Waals surface area contributed by atoms with E-state index >= 15 is 0 Å². The molecule has 7 nitrogen and oxygen atoms in total. The van der Waals surface area contributed by atoms with Crippen LogP contribution in [0.25, 0.3) is 11.0 Å². The summed E-state index contributed by atoms with van der Waals surface area (Å²) in [5, 5.41) is 4.19. The Kier molecular flexibility index (Phi) is 5.99. The molecular weight excluding hydrogens is 470 g/mol. The maximum absolute atomic E-state index is 13.2. The van der Waals surface area contributed by atoms with Gasteiger partial charge in [0.25, 0.3) is 5.56 Å². The first-order chi connectivity index (χ1) is 17.3. The largest absolute Gasteiger partial charge is 0.324 e. The number of aryl methyl sites for hydroxylation is 1. The van der Waals surface area contributed by atoms with Gasteiger partial charge in [-0.3, -0.25) is 9.36 Å². The molecule has 6 rings (SSSR count). The third kappa shape index (κ3) is 4.18. The summed E-state index contributed by atoms with van der Waals surface area (Å²) in [6.07, 6.45) is 8.65. The number of rotatable bonds is 6. The molecule has 3 aromatic rings. The standard InChI is InChI=1S/C28H35N5O2S/c1-18(2)21-13-28(14-21)16-32(17-28)36(35)23-9-10-24(19(3)12-23)30-27-29-15-20-8-11-25(34)33(26(20)31-27)22-6-4-5-7-22/h8-12,15,18,21-22H,4-7,13-14,16-17H2,1-3H3,(H,29,30,31). The summed E-state index contributed by atoms with van der Waals surface area (Å²) in [5.74, 6) is 2.05. The van der Waals surface area contributed by atoms with Crippen LogP contribution in [0.1, 0.15) is 64.0 Å². The first kappa shape index (κ1) is 23.8. The molecule has 1 N–H and O–H groups in total. The fourth-order valence-corrected chi connectivity index (χ4v) is 7.91. The van der Waals surface area contributed by atoms with Crippen molar-refractivity contribution in [1.29, 1.82) is 0 Å². The summed E-state index contributed by atoms with van der Waals surface area (Å²) < 4.78 is 17.1. The van der Waals surface area contributed by atoms with E-state index in [-0.39, 0.29) is 11.6 Å². The van der Waals surface area contributed by atoms with Crippen LogP contribution in [-0.2, 0) is 11.0 Å². The van der Waals surface area contributed by atoms with Crippen LogP contribution in [0.3, 0.4) is 0 Å². The Morgan fingerprint density at radius 1 is 1.11 bits per heavy atom. The van der Waals surface area contributed by atoms with Gasteiger partial charge >= 0.3 is 0 Å². The van der Waals surface area contributed by atoms with Crippen molar-refractivity contribution < 1.29 is 4.21 Å². The quantitative estimate of drug-likeness (QED) is 0.489. The lowest BCUT2D eigenvalue weighted by Gasteiger charge is -2.59. The van der Waals surface area contributed by atoms with Crippen molar-refractivity contribution >= 4 is 33.7 Å². The molecule has 2 aliphatic carbocycles. The zero-order valence-electron chi connectivity index (χ0n) is 21.4. The minimum atomic E-state index is -1.13. The van der Waals surface area contributed by atoms with Crippen LogP contribution in [0, 0.1) is 24.2 Å². The van der Waals surface area contributed by atoms with Crippen LogP contribution in [0.5, 0.6) is 0 Å². The van der Waals surface area contributed by atoms with E-state index in [0.29, 0.717) is 17.0 Å². The molecule has 2 aromatic heterocycles. The summed E-state index contributed by atoms with van der Waals surface area (Å²) >= 11 is 0. The maximum atomic E-state index is 13.2. The van der Waals surface area contributed by atoms with E-state index in [4.69, 9.17) is 4.98 Å². The lowest BCUT2D eigenvalue weighted by molar-refractivity contribution is -0.0659. The first-order valence-electron chi connectivity index (χ1n) is 13.2. The molecule has 2 saturated carbocycles. The van der Waals surface area contributed by atoms with Gasteiger partial charge in [-0.15, -0.1) is 0 Å². The molecular formula is C28H35N5O2S. The molecule has 0 amide bonds. The predicted octanol–water partition coefficient (Wildman–Crippen LogP) is 5.35. The smallest absolute Gasteiger partial charge is 0.252 e. The maximum Gasteiger partial charge on any atom is 0.252 e. The summed E-state index contributed by atoms with van der Waals surface area (Å²) in [4.78, 5) is 22.8. The van der Waals surface area contributed by atoms with Crippen molar-refractivity contribution in [3.05, 3.63) is 52.4 Å². The predicted molar refractivity (Wildman–Crippen MR) is 144 cm³/mol. The monoisotopic (exact) mass is 505 g/mol. The highest BCUT2D eigenvalue weighted by Crippen LogP contribution is 2.54. The van der Waals surface area contributed by atoms with Crippen LogP contribution in [0.15, 0.2) is 46.2 Å². The molecule has 1 aromatic carbocycles. The molecule has 8 heteroatoms. The van der Waals surface area contributed by atoms with E-state index in [1.54, 1.807) is 18.3 Å². The van der Waals surface area contributed by atoms with E-state index in [1.165, 1.54) is 12.8 Å². The van der Waals surface area contributed by atoms with Gasteiger partial charge < -0.3 is 5.32 Å². The molecule has 1 aliphatic heterocycles. The molecule has 1 atom stereocenters. The van der Waals surface area contributed by atoms with Crippen molar-refractivity contribution in [2.75, 3.05) is 18.4 Å². The lowest BCUT2D eigenvalue weighted by Crippen LogP contribution is -2.62. The number of aromatic nitrogens is 3. The SMILES string of the molecule is Cc1cc(S(=O)N2CC3(CC(C(C)C)C3)C2)ccc1Nc1ncc2ccc(=O)n(C3CCCC3)c2n1. The minimum absolute atomic E-state index is 0.00327. The highest BCUT2D eigenvalue weighted by Gasteiger charge is 2.54. The van der Waals surface area contributed by atoms with Gasteiger partial charge in [-0.05, 0) is 79.7 Å². The highest BCUT2D eigenvalue weighted by atomic mass is 32.2. The Balaban J connectivity index is 1.18. The molecule has 0 radical (unpaired) electrons. The van der Waals surface area contributed by atoms with Gasteiger partial charge in [0.15, 0.2) is 0 Å². The number of hydrogen-bond donors (Lipinski definition) is 1. The first-order valence-corrected chi connectivity index (χ1v) is 14.4. The average Bonchev–Trinajstić information content (AvgIpc) is 3.32. The van der Waals surface area contributed by atoms with E-state index in [2.05, 4.69) is 28.5 Å². The summed E-state index contributed by atoms with van der Waals surface area (Å²) in [5.41, 5.74) is 2.96. The Bertz CT molecular complexity index is 1380. The molecule has 3 fully saturated rings. The fraction of sp³-hybridized carbons (Fsp3) is 0.536. The van der Waals surface area contributed by atoms with E-state index < -0.39 is 11.0 Å². The van der Waals surface area contributed by atoms with Crippen molar-refractivity contribution in [1.82, 2.24) is 18.8 Å². The second-order valence-electron chi connectivity index (χ2n) is 11.5. The van der Waals surface area contributed by atoms with Crippen LogP contribution in [0.2, 0.25) is 0 Å². The van der Waals surface area contributed by atoms with Crippen LogP contribution in [-0.4, -0.2) is 36.1 Å². The number of hydrogen-bond acceptors (Lipinski definition) is 5. The molecule has 3 aliphatic rings. The number of anilines is 2. The summed E-state index contributed by atoms with van der Waals surface area (Å²) in [6, 6.07) is 9.51. The Hall–Kier alpha value is -2.58. The zero-order valence-corrected chi connectivity index (χ0v) is 22.2. The minimum Gasteiger partial charge on any atom is -0.324 e. The molecule has 0 bridgehead atoms. The van der Waals surface area contributed by atoms with Crippen LogP contribution < -0.4 is 10.9 Å². The molecule has 1 spiro atoms. The second-order valence-corrected chi connectivity index (χ2v) is 13.0. The molecule has 1 saturated heterocycles. The second kappa shape index (κ2) is 9.06. The topological polar surface area (TPSA) is 80.1 Å². The number of fused-ring (bicyclic) bond motifs is 1. The summed E-state index contributed by atoms with van der Waals surface area (Å²) in [7, 11) is -1.13. The van der Waals surface area contributed by atoms with Gasteiger partial charge in [0, 0.05) is 42.5 Å². The normalized spacial score (nSPS) is 21.1. The zero-order chi connectivity index (χ0) is 25.0. The average molecular weight is 506 g/mol. The summed E-state index contributed by atoms with van der Waals surface area (Å²) in [6.45, 7) is 8.50. The highest BCUT2D eigenvalue weighted by molar-refractivity contribution is 7.82. The molecule has 3 heterocycles. The van der Waals surface area contributed by atoms with Crippen molar-refractivity contribution in [2.45, 2.75) is 70.2 Å². The molecule has 1 unspecified atom stereocenters. The van der Waals surface area contributed by atoms with Crippen molar-refractivity contribution in [3.63, 3.8) is 0 Å². The van der Waals surface area contributed by atoms with Gasteiger partial charge in [0.2, 0.25) is 5.95 Å². The molecule has 36 heavy (non-hydrogen) atoms. The number of nitrogens with one attached hydrogen (secondary N) is 1. The number of pyridine rings is 1. The third-order valence-corrected chi connectivity index (χ3v) is 9.98. The lowest BCUT2D eigenvalue weighted by atomic mass is 9.56. The van der Waals surface area contributed by atoms with Crippen LogP contribution >= 0.6 is 0 Å².